The third-order valence-electron chi connectivity index (χ3n) is 6.53. The number of benzene rings is 2. The summed E-state index contributed by atoms with van der Waals surface area (Å²) in [5.74, 6) is 0.784. The first-order valence-electron chi connectivity index (χ1n) is 11.7. The van der Waals surface area contributed by atoms with Crippen molar-refractivity contribution in [2.45, 2.75) is 31.7 Å². The van der Waals surface area contributed by atoms with Crippen LogP contribution in [0.5, 0.6) is 11.8 Å². The first-order valence-corrected chi connectivity index (χ1v) is 13.3. The molecule has 0 N–H and O–H groups in total. The molecular weight excluding hydrogens is 462 g/mol. The Hall–Kier alpha value is -3.90. The van der Waals surface area contributed by atoms with E-state index in [9.17, 15) is 13.7 Å². The van der Waals surface area contributed by atoms with Crippen molar-refractivity contribution in [3.63, 3.8) is 0 Å². The maximum absolute atomic E-state index is 12.5. The number of hydrogen-bond donors (Lipinski definition) is 0. The van der Waals surface area contributed by atoms with Gasteiger partial charge in [-0.1, -0.05) is 12.1 Å². The summed E-state index contributed by atoms with van der Waals surface area (Å²) < 4.78 is 34.6. The van der Waals surface area contributed by atoms with Gasteiger partial charge in [0.25, 0.3) is 0 Å². The van der Waals surface area contributed by atoms with Crippen molar-refractivity contribution in [3.05, 3.63) is 66.5 Å². The fourth-order valence-electron chi connectivity index (χ4n) is 4.77. The molecule has 1 saturated carbocycles. The number of ether oxygens (including phenoxy) is 1. The van der Waals surface area contributed by atoms with Crippen LogP contribution in [0.15, 0.2) is 60.9 Å². The fourth-order valence-corrected chi connectivity index (χ4v) is 6.41. The van der Waals surface area contributed by atoms with Gasteiger partial charge in [-0.05, 0) is 61.6 Å². The minimum atomic E-state index is -3.28. The average Bonchev–Trinajstić information content (AvgIpc) is 3.66. The molecule has 4 aromatic rings. The minimum Gasteiger partial charge on any atom is -0.424 e. The quantitative estimate of drug-likeness (QED) is 0.393. The SMILES string of the molecule is N#Cc1c(-c2ccc(N3CCCCS3(=O)=O)cc2)n(C2CC2)c2cc(Oc3ncccn3)ccc12. The van der Waals surface area contributed by atoms with Gasteiger partial charge in [0.15, 0.2) is 0 Å². The molecule has 2 aromatic carbocycles. The third-order valence-corrected chi connectivity index (χ3v) is 8.40. The van der Waals surface area contributed by atoms with Crippen LogP contribution >= 0.6 is 0 Å². The smallest absolute Gasteiger partial charge is 0.321 e. The maximum atomic E-state index is 12.5. The second kappa shape index (κ2) is 8.40. The average molecular weight is 486 g/mol. The Morgan fingerprint density at radius 3 is 2.49 bits per heavy atom. The summed E-state index contributed by atoms with van der Waals surface area (Å²) in [4.78, 5) is 8.26. The van der Waals surface area contributed by atoms with Crippen LogP contribution in [-0.2, 0) is 10.0 Å². The number of fused-ring (bicyclic) bond motifs is 1. The standard InChI is InChI=1S/C26H23N5O3S/c27-17-23-22-11-10-21(34-26-28-12-3-13-29-26)16-24(22)31(20-8-9-20)25(23)18-4-6-19(7-5-18)30-14-1-2-15-35(30,32)33/h3-7,10-13,16,20H,1-2,8-9,14-15H2. The van der Waals surface area contributed by atoms with Crippen LogP contribution in [-0.4, -0.2) is 35.3 Å². The van der Waals surface area contributed by atoms with Crippen molar-refractivity contribution in [1.82, 2.24) is 14.5 Å². The first-order chi connectivity index (χ1) is 17.0. The topological polar surface area (TPSA) is 101 Å². The van der Waals surface area contributed by atoms with E-state index >= 15 is 0 Å². The highest BCUT2D eigenvalue weighted by atomic mass is 32.2. The number of nitriles is 1. The molecule has 2 aromatic heterocycles. The summed E-state index contributed by atoms with van der Waals surface area (Å²) in [5, 5.41) is 11.0. The van der Waals surface area contributed by atoms with Crippen molar-refractivity contribution >= 4 is 26.6 Å². The molecule has 8 nitrogen and oxygen atoms in total. The van der Waals surface area contributed by atoms with Crippen LogP contribution in [0.4, 0.5) is 5.69 Å². The molecule has 176 valence electrons. The van der Waals surface area contributed by atoms with Gasteiger partial charge in [-0.2, -0.15) is 5.26 Å². The minimum absolute atomic E-state index is 0.182. The molecule has 0 radical (unpaired) electrons. The van der Waals surface area contributed by atoms with E-state index in [2.05, 4.69) is 20.6 Å². The molecule has 2 fully saturated rings. The van der Waals surface area contributed by atoms with E-state index in [0.717, 1.165) is 41.4 Å². The second-order valence-electron chi connectivity index (χ2n) is 8.89. The Labute approximate surface area is 203 Å². The Morgan fingerprint density at radius 1 is 1.03 bits per heavy atom. The van der Waals surface area contributed by atoms with Crippen molar-refractivity contribution in [2.24, 2.45) is 0 Å². The van der Waals surface area contributed by atoms with Gasteiger partial charge in [0, 0.05) is 36.4 Å². The number of rotatable bonds is 5. The zero-order chi connectivity index (χ0) is 24.0. The van der Waals surface area contributed by atoms with Gasteiger partial charge in [0.2, 0.25) is 10.0 Å². The van der Waals surface area contributed by atoms with Gasteiger partial charge in [0.05, 0.1) is 28.2 Å². The van der Waals surface area contributed by atoms with E-state index in [1.807, 2.05) is 42.5 Å². The van der Waals surface area contributed by atoms with Crippen molar-refractivity contribution in [3.8, 4) is 29.1 Å². The molecule has 0 atom stereocenters. The molecule has 2 aliphatic rings. The van der Waals surface area contributed by atoms with Gasteiger partial charge in [-0.15, -0.1) is 0 Å². The van der Waals surface area contributed by atoms with Crippen LogP contribution in [0.1, 0.15) is 37.3 Å². The third kappa shape index (κ3) is 3.90. The molecule has 1 aliphatic carbocycles. The van der Waals surface area contributed by atoms with E-state index in [0.29, 0.717) is 36.0 Å². The highest BCUT2D eigenvalue weighted by Gasteiger charge is 2.31. The van der Waals surface area contributed by atoms with Crippen LogP contribution in [0, 0.1) is 11.3 Å². The van der Waals surface area contributed by atoms with E-state index in [1.165, 1.54) is 4.31 Å². The van der Waals surface area contributed by atoms with E-state index in [1.54, 1.807) is 18.5 Å². The summed E-state index contributed by atoms with van der Waals surface area (Å²) >= 11 is 0. The summed E-state index contributed by atoms with van der Waals surface area (Å²) in [7, 11) is -3.28. The van der Waals surface area contributed by atoms with Crippen molar-refractivity contribution in [1.29, 1.82) is 5.26 Å². The van der Waals surface area contributed by atoms with Gasteiger partial charge in [-0.3, -0.25) is 4.31 Å². The van der Waals surface area contributed by atoms with Crippen LogP contribution in [0.2, 0.25) is 0 Å². The summed E-state index contributed by atoms with van der Waals surface area (Å²) in [5.41, 5.74) is 3.94. The van der Waals surface area contributed by atoms with Crippen LogP contribution in [0.25, 0.3) is 22.2 Å². The van der Waals surface area contributed by atoms with Crippen molar-refractivity contribution in [2.75, 3.05) is 16.6 Å². The molecule has 6 rings (SSSR count). The molecule has 1 saturated heterocycles. The Morgan fingerprint density at radius 2 is 1.80 bits per heavy atom. The lowest BCUT2D eigenvalue weighted by Crippen LogP contribution is -2.37. The lowest BCUT2D eigenvalue weighted by Gasteiger charge is -2.28. The lowest BCUT2D eigenvalue weighted by atomic mass is 10.1. The largest absolute Gasteiger partial charge is 0.424 e. The molecule has 9 heteroatoms. The van der Waals surface area contributed by atoms with Crippen molar-refractivity contribution < 1.29 is 13.2 Å². The predicted molar refractivity (Wildman–Crippen MR) is 133 cm³/mol. The van der Waals surface area contributed by atoms with Gasteiger partial charge in [-0.25, -0.2) is 18.4 Å². The molecule has 3 heterocycles. The van der Waals surface area contributed by atoms with E-state index < -0.39 is 10.0 Å². The summed E-state index contributed by atoms with van der Waals surface area (Å²) in [6, 6.07) is 17.9. The Kier molecular flexibility index (Phi) is 5.19. The Balaban J connectivity index is 1.44. The zero-order valence-electron chi connectivity index (χ0n) is 19.0. The highest BCUT2D eigenvalue weighted by molar-refractivity contribution is 7.92. The molecule has 0 amide bonds. The lowest BCUT2D eigenvalue weighted by molar-refractivity contribution is 0.442. The van der Waals surface area contributed by atoms with Crippen LogP contribution in [0.3, 0.4) is 0 Å². The number of aromatic nitrogens is 3. The number of anilines is 1. The second-order valence-corrected chi connectivity index (χ2v) is 10.9. The van der Waals surface area contributed by atoms with Gasteiger partial charge in [0.1, 0.15) is 11.8 Å². The molecule has 1 aliphatic heterocycles. The number of hydrogen-bond acceptors (Lipinski definition) is 6. The Bertz CT molecular complexity index is 1550. The molecule has 0 spiro atoms. The molecular formula is C26H23N5O3S. The van der Waals surface area contributed by atoms with E-state index in [-0.39, 0.29) is 11.8 Å². The monoisotopic (exact) mass is 485 g/mol. The number of nitrogens with zero attached hydrogens (tertiary/aromatic N) is 5. The normalized spacial score (nSPS) is 17.3. The predicted octanol–water partition coefficient (Wildman–Crippen LogP) is 5.03. The van der Waals surface area contributed by atoms with Crippen LogP contribution < -0.4 is 9.04 Å². The summed E-state index contributed by atoms with van der Waals surface area (Å²) in [6.45, 7) is 0.501. The van der Waals surface area contributed by atoms with Gasteiger partial charge >= 0.3 is 6.01 Å². The zero-order valence-corrected chi connectivity index (χ0v) is 19.8. The highest BCUT2D eigenvalue weighted by Crippen LogP contribution is 2.45. The molecule has 0 bridgehead atoms. The molecule has 0 unspecified atom stereocenters. The van der Waals surface area contributed by atoms with E-state index in [4.69, 9.17) is 4.74 Å². The fraction of sp³-hybridized carbons (Fsp3) is 0.269. The van der Waals surface area contributed by atoms with Gasteiger partial charge < -0.3 is 9.30 Å². The first kappa shape index (κ1) is 21.6. The number of sulfonamides is 1. The summed E-state index contributed by atoms with van der Waals surface area (Å²) in [6.07, 6.45) is 6.88. The molecule has 35 heavy (non-hydrogen) atoms. The maximum Gasteiger partial charge on any atom is 0.321 e.